The standard InChI is InChI=1S/C25H24N2O2/c1-18(12-13-19-8-4-2-5-9-19)26-25(28)24-17-20-16-22(14-15-23(20)27-24)29-21-10-6-3-7-11-21/h2-11,14-18,27H,12-13H2,1H3,(H,26,28). The average molecular weight is 384 g/mol. The highest BCUT2D eigenvalue weighted by molar-refractivity contribution is 5.98. The Hall–Kier alpha value is -3.53. The molecule has 0 bridgehead atoms. The van der Waals surface area contributed by atoms with Crippen LogP contribution in [0.2, 0.25) is 0 Å². The Balaban J connectivity index is 1.39. The summed E-state index contributed by atoms with van der Waals surface area (Å²) in [5.74, 6) is 1.44. The minimum atomic E-state index is -0.0905. The number of rotatable bonds is 7. The predicted molar refractivity (Wildman–Crippen MR) is 117 cm³/mol. The van der Waals surface area contributed by atoms with Crippen LogP contribution in [0.4, 0.5) is 0 Å². The summed E-state index contributed by atoms with van der Waals surface area (Å²) in [6, 6.07) is 27.7. The molecule has 4 heteroatoms. The first kappa shape index (κ1) is 18.8. The van der Waals surface area contributed by atoms with Crippen molar-refractivity contribution in [3.8, 4) is 11.5 Å². The molecule has 146 valence electrons. The van der Waals surface area contributed by atoms with Gasteiger partial charge < -0.3 is 15.0 Å². The highest BCUT2D eigenvalue weighted by atomic mass is 16.5. The summed E-state index contributed by atoms with van der Waals surface area (Å²) in [6.45, 7) is 2.04. The zero-order valence-corrected chi connectivity index (χ0v) is 16.4. The van der Waals surface area contributed by atoms with Gasteiger partial charge in [0, 0.05) is 16.9 Å². The monoisotopic (exact) mass is 384 g/mol. The smallest absolute Gasteiger partial charge is 0.267 e. The second-order valence-corrected chi connectivity index (χ2v) is 7.25. The molecule has 4 rings (SSSR count). The molecule has 0 aliphatic rings. The summed E-state index contributed by atoms with van der Waals surface area (Å²) >= 11 is 0. The number of amides is 1. The van der Waals surface area contributed by atoms with Crippen molar-refractivity contribution in [3.05, 3.63) is 96.2 Å². The summed E-state index contributed by atoms with van der Waals surface area (Å²) in [6.07, 6.45) is 1.83. The van der Waals surface area contributed by atoms with Crippen molar-refractivity contribution in [2.24, 2.45) is 0 Å². The van der Waals surface area contributed by atoms with Crippen LogP contribution in [0.5, 0.6) is 11.5 Å². The zero-order chi connectivity index (χ0) is 20.1. The van der Waals surface area contributed by atoms with Crippen LogP contribution in [0, 0.1) is 0 Å². The number of hydrogen-bond donors (Lipinski definition) is 2. The van der Waals surface area contributed by atoms with Crippen LogP contribution < -0.4 is 10.1 Å². The molecule has 1 unspecified atom stereocenters. The third kappa shape index (κ3) is 4.85. The lowest BCUT2D eigenvalue weighted by Gasteiger charge is -2.13. The molecule has 0 saturated heterocycles. The van der Waals surface area contributed by atoms with Gasteiger partial charge in [-0.1, -0.05) is 48.5 Å². The van der Waals surface area contributed by atoms with E-state index in [1.165, 1.54) is 5.56 Å². The zero-order valence-electron chi connectivity index (χ0n) is 16.4. The Morgan fingerprint density at radius 1 is 0.931 bits per heavy atom. The lowest BCUT2D eigenvalue weighted by Crippen LogP contribution is -2.33. The van der Waals surface area contributed by atoms with Crippen molar-refractivity contribution >= 4 is 16.8 Å². The number of para-hydroxylation sites is 1. The number of aromatic amines is 1. The van der Waals surface area contributed by atoms with Crippen LogP contribution in [0.3, 0.4) is 0 Å². The van der Waals surface area contributed by atoms with Gasteiger partial charge in [-0.15, -0.1) is 0 Å². The van der Waals surface area contributed by atoms with Gasteiger partial charge in [-0.2, -0.15) is 0 Å². The Morgan fingerprint density at radius 2 is 1.66 bits per heavy atom. The molecule has 2 N–H and O–H groups in total. The number of aromatic nitrogens is 1. The van der Waals surface area contributed by atoms with Crippen molar-refractivity contribution in [1.82, 2.24) is 10.3 Å². The van der Waals surface area contributed by atoms with E-state index in [-0.39, 0.29) is 11.9 Å². The number of carbonyl (C=O) groups excluding carboxylic acids is 1. The molecule has 4 nitrogen and oxygen atoms in total. The van der Waals surface area contributed by atoms with Crippen molar-refractivity contribution < 1.29 is 9.53 Å². The molecule has 29 heavy (non-hydrogen) atoms. The van der Waals surface area contributed by atoms with Crippen LogP contribution in [0.25, 0.3) is 10.9 Å². The van der Waals surface area contributed by atoms with Crippen LogP contribution in [-0.4, -0.2) is 16.9 Å². The maximum absolute atomic E-state index is 12.6. The molecule has 0 fully saturated rings. The van der Waals surface area contributed by atoms with E-state index >= 15 is 0 Å². The van der Waals surface area contributed by atoms with Crippen LogP contribution >= 0.6 is 0 Å². The van der Waals surface area contributed by atoms with E-state index in [9.17, 15) is 4.79 Å². The van der Waals surface area contributed by atoms with Gasteiger partial charge in [0.2, 0.25) is 0 Å². The molecule has 0 saturated carbocycles. The Labute approximate surface area is 170 Å². The molecule has 1 aromatic heterocycles. The molecule has 4 aromatic rings. The molecule has 0 aliphatic heterocycles. The molecular formula is C25H24N2O2. The molecule has 0 aliphatic carbocycles. The quantitative estimate of drug-likeness (QED) is 0.429. The lowest BCUT2D eigenvalue weighted by atomic mass is 10.1. The van der Waals surface area contributed by atoms with E-state index in [0.29, 0.717) is 5.69 Å². The molecule has 0 radical (unpaired) electrons. The van der Waals surface area contributed by atoms with Gasteiger partial charge in [0.25, 0.3) is 5.91 Å². The van der Waals surface area contributed by atoms with E-state index in [1.54, 1.807) is 0 Å². The van der Waals surface area contributed by atoms with Crippen molar-refractivity contribution in [3.63, 3.8) is 0 Å². The van der Waals surface area contributed by atoms with E-state index in [4.69, 9.17) is 4.74 Å². The Bertz CT molecular complexity index is 1090. The highest BCUT2D eigenvalue weighted by Gasteiger charge is 2.13. The Kier molecular flexibility index (Phi) is 5.61. The summed E-state index contributed by atoms with van der Waals surface area (Å²) in [5.41, 5.74) is 2.75. The van der Waals surface area contributed by atoms with Crippen LogP contribution in [0.15, 0.2) is 84.9 Å². The van der Waals surface area contributed by atoms with Gasteiger partial charge in [0.15, 0.2) is 0 Å². The number of ether oxygens (including phenoxy) is 1. The summed E-state index contributed by atoms with van der Waals surface area (Å²) < 4.78 is 5.88. The predicted octanol–water partition coefficient (Wildman–Crippen LogP) is 5.71. The third-order valence-electron chi connectivity index (χ3n) is 4.90. The van der Waals surface area contributed by atoms with Crippen molar-refractivity contribution in [1.29, 1.82) is 0 Å². The number of hydrogen-bond acceptors (Lipinski definition) is 2. The molecule has 1 amide bonds. The van der Waals surface area contributed by atoms with E-state index < -0.39 is 0 Å². The molecule has 1 heterocycles. The maximum Gasteiger partial charge on any atom is 0.267 e. The fraction of sp³-hybridized carbons (Fsp3) is 0.160. The van der Waals surface area contributed by atoms with Gasteiger partial charge >= 0.3 is 0 Å². The Morgan fingerprint density at radius 3 is 2.41 bits per heavy atom. The topological polar surface area (TPSA) is 54.1 Å². The van der Waals surface area contributed by atoms with Gasteiger partial charge in [0.05, 0.1) is 0 Å². The lowest BCUT2D eigenvalue weighted by molar-refractivity contribution is 0.0934. The number of H-pyrrole nitrogens is 1. The average Bonchev–Trinajstić information content (AvgIpc) is 3.17. The summed E-state index contributed by atoms with van der Waals surface area (Å²) in [7, 11) is 0. The third-order valence-corrected chi connectivity index (χ3v) is 4.90. The fourth-order valence-electron chi connectivity index (χ4n) is 3.32. The normalized spacial score (nSPS) is 11.9. The van der Waals surface area contributed by atoms with Crippen molar-refractivity contribution in [2.75, 3.05) is 0 Å². The maximum atomic E-state index is 12.6. The second-order valence-electron chi connectivity index (χ2n) is 7.25. The molecule has 1 atom stereocenters. The van der Waals surface area contributed by atoms with E-state index in [0.717, 1.165) is 35.2 Å². The number of fused-ring (bicyclic) bond motifs is 1. The van der Waals surface area contributed by atoms with Crippen LogP contribution in [0.1, 0.15) is 29.4 Å². The van der Waals surface area contributed by atoms with Gasteiger partial charge in [-0.25, -0.2) is 0 Å². The van der Waals surface area contributed by atoms with Gasteiger partial charge in [-0.3, -0.25) is 4.79 Å². The first-order valence-corrected chi connectivity index (χ1v) is 9.88. The summed E-state index contributed by atoms with van der Waals surface area (Å²) in [4.78, 5) is 15.8. The minimum Gasteiger partial charge on any atom is -0.457 e. The SMILES string of the molecule is CC(CCc1ccccc1)NC(=O)c1cc2cc(Oc3ccccc3)ccc2[nH]1. The minimum absolute atomic E-state index is 0.0890. The van der Waals surface area contributed by atoms with E-state index in [2.05, 4.69) is 22.4 Å². The number of benzene rings is 3. The first-order valence-electron chi connectivity index (χ1n) is 9.88. The highest BCUT2D eigenvalue weighted by Crippen LogP contribution is 2.26. The molecular weight excluding hydrogens is 360 g/mol. The van der Waals surface area contributed by atoms with Crippen molar-refractivity contribution in [2.45, 2.75) is 25.8 Å². The molecule has 3 aromatic carbocycles. The number of nitrogens with one attached hydrogen (secondary N) is 2. The van der Waals surface area contributed by atoms with Gasteiger partial charge in [0.1, 0.15) is 17.2 Å². The van der Waals surface area contributed by atoms with Crippen LogP contribution in [-0.2, 0) is 6.42 Å². The fourth-order valence-corrected chi connectivity index (χ4v) is 3.32. The van der Waals surface area contributed by atoms with Gasteiger partial charge in [-0.05, 0) is 61.7 Å². The second kappa shape index (κ2) is 8.65. The number of aryl methyl sites for hydroxylation is 1. The number of carbonyl (C=O) groups is 1. The largest absolute Gasteiger partial charge is 0.457 e. The van der Waals surface area contributed by atoms with E-state index in [1.807, 2.05) is 79.7 Å². The summed E-state index contributed by atoms with van der Waals surface area (Å²) in [5, 5.41) is 4.03. The first-order chi connectivity index (χ1) is 14.2. The molecule has 0 spiro atoms.